The Morgan fingerprint density at radius 1 is 1.40 bits per heavy atom. The Kier molecular flexibility index (Phi) is 3.19. The molecule has 1 aromatic heterocycles. The maximum absolute atomic E-state index is 10.8. The number of methoxy groups -OCH3 is 1. The van der Waals surface area contributed by atoms with Crippen molar-refractivity contribution in [1.29, 1.82) is 0 Å². The van der Waals surface area contributed by atoms with E-state index in [1.165, 1.54) is 7.11 Å². The van der Waals surface area contributed by atoms with Crippen LogP contribution in [-0.4, -0.2) is 33.9 Å². The topological polar surface area (TPSA) is 97.7 Å². The largest absolute Gasteiger partial charge is 0.534 e. The number of hydrogen-bond acceptors (Lipinski definition) is 5. The van der Waals surface area contributed by atoms with Crippen LogP contribution in [0.15, 0.2) is 24.3 Å². The van der Waals surface area contributed by atoms with Crippen LogP contribution in [0.1, 0.15) is 0 Å². The summed E-state index contributed by atoms with van der Waals surface area (Å²) in [7, 11) is 1.22. The third-order valence-electron chi connectivity index (χ3n) is 1.65. The van der Waals surface area contributed by atoms with E-state index < -0.39 is 6.16 Å². The van der Waals surface area contributed by atoms with E-state index in [1.807, 2.05) is 6.07 Å². The molecule has 15 heavy (non-hydrogen) atoms. The molecular weight excluding hydrogens is 202 g/mol. The van der Waals surface area contributed by atoms with Gasteiger partial charge in [0, 0.05) is 0 Å². The minimum atomic E-state index is -0.833. The molecule has 80 valence electrons. The zero-order valence-corrected chi connectivity index (χ0v) is 7.88. The van der Waals surface area contributed by atoms with E-state index in [9.17, 15) is 4.79 Å². The summed E-state index contributed by atoms with van der Waals surface area (Å²) in [5, 5.41) is 7.41. The standard InChI is InChI=1S/C8H7N3O3.H2O/c1-13-8(12)14-11-7-5-3-2-4-6(7)9-10-11;/h2-5H,1H3;1H2. The van der Waals surface area contributed by atoms with E-state index in [1.54, 1.807) is 18.2 Å². The highest BCUT2D eigenvalue weighted by molar-refractivity contribution is 5.74. The molecule has 0 aliphatic rings. The van der Waals surface area contributed by atoms with Crippen molar-refractivity contribution in [3.8, 4) is 0 Å². The number of fused-ring (bicyclic) bond motifs is 1. The Bertz CT molecular complexity index is 468. The van der Waals surface area contributed by atoms with E-state index in [4.69, 9.17) is 4.84 Å². The number of benzene rings is 1. The monoisotopic (exact) mass is 211 g/mol. The molecule has 0 radical (unpaired) electrons. The quantitative estimate of drug-likeness (QED) is 0.480. The van der Waals surface area contributed by atoms with Gasteiger partial charge in [-0.15, -0.1) is 5.10 Å². The van der Waals surface area contributed by atoms with Crippen molar-refractivity contribution in [2.45, 2.75) is 0 Å². The molecular formula is C8H9N3O4. The summed E-state index contributed by atoms with van der Waals surface area (Å²) >= 11 is 0. The van der Waals surface area contributed by atoms with Gasteiger partial charge in [0.1, 0.15) is 11.0 Å². The van der Waals surface area contributed by atoms with Crippen molar-refractivity contribution in [3.63, 3.8) is 0 Å². The van der Waals surface area contributed by atoms with Gasteiger partial charge in [0.2, 0.25) is 0 Å². The minimum absolute atomic E-state index is 0. The van der Waals surface area contributed by atoms with E-state index >= 15 is 0 Å². The van der Waals surface area contributed by atoms with Crippen LogP contribution in [0.4, 0.5) is 4.79 Å². The predicted octanol–water partition coefficient (Wildman–Crippen LogP) is -0.198. The Labute approximate surface area is 84.5 Å². The molecule has 0 saturated carbocycles. The number of aromatic nitrogens is 3. The number of rotatable bonds is 1. The molecule has 2 aromatic rings. The Balaban J connectivity index is 0.00000112. The molecule has 0 unspecified atom stereocenters. The van der Waals surface area contributed by atoms with Gasteiger partial charge in [-0.05, 0) is 17.3 Å². The average Bonchev–Trinajstić information content (AvgIpc) is 2.62. The predicted molar refractivity (Wildman–Crippen MR) is 50.1 cm³/mol. The number of nitrogens with zero attached hydrogens (tertiary/aromatic N) is 3. The third kappa shape index (κ3) is 2.02. The van der Waals surface area contributed by atoms with Crippen LogP contribution in [0.3, 0.4) is 0 Å². The molecule has 0 spiro atoms. The van der Waals surface area contributed by atoms with E-state index in [0.29, 0.717) is 11.0 Å². The van der Waals surface area contributed by atoms with Gasteiger partial charge in [0.25, 0.3) is 0 Å². The van der Waals surface area contributed by atoms with Gasteiger partial charge in [-0.1, -0.05) is 17.0 Å². The molecule has 7 heteroatoms. The van der Waals surface area contributed by atoms with E-state index in [-0.39, 0.29) is 5.48 Å². The SMILES string of the molecule is COC(=O)On1nnc2ccccc21.O. The fourth-order valence-electron chi connectivity index (χ4n) is 1.02. The smallest absolute Gasteiger partial charge is 0.436 e. The summed E-state index contributed by atoms with van der Waals surface area (Å²) in [6, 6.07) is 7.11. The first-order valence-corrected chi connectivity index (χ1v) is 3.88. The molecule has 1 aromatic carbocycles. The van der Waals surface area contributed by atoms with Crippen molar-refractivity contribution < 1.29 is 19.8 Å². The van der Waals surface area contributed by atoms with Crippen molar-refractivity contribution in [2.24, 2.45) is 0 Å². The molecule has 1 heterocycles. The Hall–Kier alpha value is -2.15. The van der Waals surface area contributed by atoms with Crippen LogP contribution in [0.2, 0.25) is 0 Å². The van der Waals surface area contributed by atoms with Gasteiger partial charge in [-0.25, -0.2) is 4.79 Å². The van der Waals surface area contributed by atoms with Crippen LogP contribution in [-0.2, 0) is 4.74 Å². The number of para-hydroxylation sites is 1. The van der Waals surface area contributed by atoms with Crippen molar-refractivity contribution in [3.05, 3.63) is 24.3 Å². The second-order valence-corrected chi connectivity index (χ2v) is 2.50. The lowest BCUT2D eigenvalue weighted by Gasteiger charge is -1.99. The lowest BCUT2D eigenvalue weighted by Crippen LogP contribution is -2.20. The number of hydrogen-bond donors (Lipinski definition) is 0. The highest BCUT2D eigenvalue weighted by atomic mass is 16.8. The summed E-state index contributed by atoms with van der Waals surface area (Å²) in [5.41, 5.74) is 1.26. The first-order chi connectivity index (χ1) is 6.81. The second-order valence-electron chi connectivity index (χ2n) is 2.50. The summed E-state index contributed by atoms with van der Waals surface area (Å²) in [6.45, 7) is 0. The number of carbonyl (C=O) groups excluding carboxylic acids is 1. The lowest BCUT2D eigenvalue weighted by molar-refractivity contribution is 0.0545. The van der Waals surface area contributed by atoms with Crippen molar-refractivity contribution in [1.82, 2.24) is 15.2 Å². The fraction of sp³-hybridized carbons (Fsp3) is 0.125. The first-order valence-electron chi connectivity index (χ1n) is 3.88. The normalized spacial score (nSPS) is 9.40. The Morgan fingerprint density at radius 3 is 2.87 bits per heavy atom. The number of carbonyl (C=O) groups is 1. The molecule has 7 nitrogen and oxygen atoms in total. The average molecular weight is 211 g/mol. The summed E-state index contributed by atoms with van der Waals surface area (Å²) in [5.74, 6) is 0. The molecule has 0 saturated heterocycles. The first kappa shape index (κ1) is 10.9. The zero-order chi connectivity index (χ0) is 9.97. The molecule has 0 bridgehead atoms. The summed E-state index contributed by atoms with van der Waals surface area (Å²) in [4.78, 5) is 16.5. The number of ether oxygens (including phenoxy) is 1. The molecule has 0 aliphatic heterocycles. The van der Waals surface area contributed by atoms with Gasteiger partial charge >= 0.3 is 6.16 Å². The van der Waals surface area contributed by atoms with Crippen LogP contribution < -0.4 is 4.84 Å². The maximum atomic E-state index is 10.8. The Morgan fingerprint density at radius 2 is 2.13 bits per heavy atom. The molecule has 2 N–H and O–H groups in total. The molecule has 2 rings (SSSR count). The summed E-state index contributed by atoms with van der Waals surface area (Å²) in [6.07, 6.45) is -0.833. The van der Waals surface area contributed by atoms with Crippen LogP contribution in [0.5, 0.6) is 0 Å². The van der Waals surface area contributed by atoms with Gasteiger partial charge in [0.15, 0.2) is 0 Å². The van der Waals surface area contributed by atoms with Gasteiger partial charge < -0.3 is 10.2 Å². The molecule has 0 aliphatic carbocycles. The lowest BCUT2D eigenvalue weighted by atomic mass is 10.3. The molecule has 0 atom stereocenters. The highest BCUT2D eigenvalue weighted by Crippen LogP contribution is 2.07. The minimum Gasteiger partial charge on any atom is -0.436 e. The zero-order valence-electron chi connectivity index (χ0n) is 7.88. The maximum Gasteiger partial charge on any atom is 0.534 e. The third-order valence-corrected chi connectivity index (χ3v) is 1.65. The van der Waals surface area contributed by atoms with E-state index in [0.717, 1.165) is 4.85 Å². The highest BCUT2D eigenvalue weighted by Gasteiger charge is 2.08. The van der Waals surface area contributed by atoms with E-state index in [2.05, 4.69) is 15.0 Å². The van der Waals surface area contributed by atoms with Crippen LogP contribution in [0.25, 0.3) is 11.0 Å². The van der Waals surface area contributed by atoms with Crippen LogP contribution in [0, 0.1) is 0 Å². The second kappa shape index (κ2) is 4.38. The van der Waals surface area contributed by atoms with Crippen molar-refractivity contribution >= 4 is 17.2 Å². The summed E-state index contributed by atoms with van der Waals surface area (Å²) < 4.78 is 4.32. The van der Waals surface area contributed by atoms with Crippen molar-refractivity contribution in [2.75, 3.05) is 7.11 Å². The molecule has 0 fully saturated rings. The molecule has 0 amide bonds. The van der Waals surface area contributed by atoms with Crippen LogP contribution >= 0.6 is 0 Å². The van der Waals surface area contributed by atoms with Gasteiger partial charge in [-0.3, -0.25) is 4.84 Å². The van der Waals surface area contributed by atoms with Gasteiger partial charge in [-0.2, -0.15) is 0 Å². The van der Waals surface area contributed by atoms with Gasteiger partial charge in [0.05, 0.1) is 7.11 Å². The fourth-order valence-corrected chi connectivity index (χ4v) is 1.02.